The van der Waals surface area contributed by atoms with Crippen LogP contribution in [0, 0.1) is 0 Å². The number of sulfonamides is 1. The summed E-state index contributed by atoms with van der Waals surface area (Å²) < 4.78 is 37.0. The minimum atomic E-state index is -3.11. The number of hydrogen-bond acceptors (Lipinski definition) is 5. The summed E-state index contributed by atoms with van der Waals surface area (Å²) in [5.41, 5.74) is 0.701. The molecular weight excluding hydrogens is 304 g/mol. The lowest BCUT2D eigenvalue weighted by atomic mass is 9.86. The van der Waals surface area contributed by atoms with Crippen LogP contribution in [0.2, 0.25) is 0 Å². The summed E-state index contributed by atoms with van der Waals surface area (Å²) in [4.78, 5) is 4.07. The number of hydrogen-bond donors (Lipinski definition) is 0. The van der Waals surface area contributed by atoms with Crippen molar-refractivity contribution in [2.24, 2.45) is 0 Å². The average molecular weight is 326 g/mol. The highest BCUT2D eigenvalue weighted by Crippen LogP contribution is 2.37. The molecule has 0 bridgehead atoms. The zero-order valence-corrected chi connectivity index (χ0v) is 13.6. The van der Waals surface area contributed by atoms with Crippen molar-refractivity contribution in [3.63, 3.8) is 0 Å². The molecule has 0 unspecified atom stereocenters. The van der Waals surface area contributed by atoms with Crippen LogP contribution in [0.1, 0.15) is 25.3 Å². The van der Waals surface area contributed by atoms with E-state index in [2.05, 4.69) is 4.98 Å². The molecule has 1 aromatic rings. The van der Waals surface area contributed by atoms with Gasteiger partial charge in [0.25, 0.3) is 0 Å². The van der Waals surface area contributed by atoms with Crippen LogP contribution in [0.3, 0.4) is 0 Å². The van der Waals surface area contributed by atoms with Gasteiger partial charge in [-0.15, -0.1) is 0 Å². The molecular formula is C15H22N2O4S. The van der Waals surface area contributed by atoms with Crippen molar-refractivity contribution in [2.45, 2.75) is 38.1 Å². The Kier molecular flexibility index (Phi) is 4.49. The van der Waals surface area contributed by atoms with Gasteiger partial charge in [-0.1, -0.05) is 6.07 Å². The molecule has 0 radical (unpaired) electrons. The highest BCUT2D eigenvalue weighted by atomic mass is 32.2. The largest absolute Gasteiger partial charge is 0.373 e. The number of rotatable bonds is 5. The lowest BCUT2D eigenvalue weighted by Gasteiger charge is -2.52. The van der Waals surface area contributed by atoms with Crippen molar-refractivity contribution >= 4 is 10.0 Å². The fraction of sp³-hybridized carbons (Fsp3) is 0.667. The SMILES string of the molecule is CCS(=O)(=O)N1CC2(C[C@@H](OCc3cccnc3)CCO2)C1. The molecule has 0 aromatic carbocycles. The van der Waals surface area contributed by atoms with E-state index in [0.717, 1.165) is 18.4 Å². The third-order valence-electron chi connectivity index (χ3n) is 4.34. The fourth-order valence-electron chi connectivity index (χ4n) is 3.02. The van der Waals surface area contributed by atoms with E-state index in [1.165, 1.54) is 4.31 Å². The smallest absolute Gasteiger partial charge is 0.214 e. The first-order valence-electron chi connectivity index (χ1n) is 7.65. The van der Waals surface area contributed by atoms with E-state index in [4.69, 9.17) is 9.47 Å². The highest BCUT2D eigenvalue weighted by Gasteiger charge is 2.51. The van der Waals surface area contributed by atoms with Crippen molar-refractivity contribution in [1.29, 1.82) is 0 Å². The van der Waals surface area contributed by atoms with Gasteiger partial charge in [-0.25, -0.2) is 8.42 Å². The standard InChI is InChI=1S/C15H22N2O4S/c1-2-22(18,19)17-11-15(12-17)8-14(5-7-21-15)20-10-13-4-3-6-16-9-13/h3-4,6,9,14H,2,5,7-8,10-12H2,1H3/t14-/m0/s1. The monoisotopic (exact) mass is 326 g/mol. The molecule has 2 fully saturated rings. The Hall–Kier alpha value is -1.02. The van der Waals surface area contributed by atoms with E-state index in [9.17, 15) is 8.42 Å². The van der Waals surface area contributed by atoms with Crippen LogP contribution in [0.4, 0.5) is 0 Å². The van der Waals surface area contributed by atoms with Crippen LogP contribution < -0.4 is 0 Å². The minimum absolute atomic E-state index is 0.112. The number of nitrogens with zero attached hydrogens (tertiary/aromatic N) is 2. The molecule has 0 amide bonds. The predicted molar refractivity (Wildman–Crippen MR) is 81.8 cm³/mol. The van der Waals surface area contributed by atoms with Crippen molar-refractivity contribution in [2.75, 3.05) is 25.4 Å². The molecule has 0 aliphatic carbocycles. The second-order valence-corrected chi connectivity index (χ2v) is 8.24. The van der Waals surface area contributed by atoms with Gasteiger partial charge >= 0.3 is 0 Å². The van der Waals surface area contributed by atoms with Crippen LogP contribution in [0.25, 0.3) is 0 Å². The summed E-state index contributed by atoms with van der Waals surface area (Å²) in [6.45, 7) is 3.73. The number of aromatic nitrogens is 1. The molecule has 3 rings (SSSR count). The molecule has 1 aromatic heterocycles. The second kappa shape index (κ2) is 6.23. The molecule has 2 aliphatic rings. The topological polar surface area (TPSA) is 68.7 Å². The summed E-state index contributed by atoms with van der Waals surface area (Å²) >= 11 is 0. The summed E-state index contributed by atoms with van der Waals surface area (Å²) in [7, 11) is -3.11. The van der Waals surface area contributed by atoms with Gasteiger partial charge in [0.15, 0.2) is 0 Å². The van der Waals surface area contributed by atoms with Crippen molar-refractivity contribution in [1.82, 2.24) is 9.29 Å². The van der Waals surface area contributed by atoms with Crippen LogP contribution in [-0.2, 0) is 26.1 Å². The average Bonchev–Trinajstić information content (AvgIpc) is 2.52. The van der Waals surface area contributed by atoms with Gasteiger partial charge in [0.05, 0.1) is 24.1 Å². The minimum Gasteiger partial charge on any atom is -0.373 e. The van der Waals surface area contributed by atoms with Crippen LogP contribution >= 0.6 is 0 Å². The van der Waals surface area contributed by atoms with Crippen molar-refractivity contribution in [3.05, 3.63) is 30.1 Å². The first kappa shape index (κ1) is 15.9. The summed E-state index contributed by atoms with van der Waals surface area (Å²) in [6, 6.07) is 3.88. The Labute approximate surface area is 131 Å². The van der Waals surface area contributed by atoms with Crippen LogP contribution in [-0.4, -0.2) is 54.9 Å². The highest BCUT2D eigenvalue weighted by molar-refractivity contribution is 7.89. The van der Waals surface area contributed by atoms with E-state index in [-0.39, 0.29) is 17.5 Å². The fourth-order valence-corrected chi connectivity index (χ4v) is 4.25. The molecule has 122 valence electrons. The van der Waals surface area contributed by atoms with Crippen molar-refractivity contribution < 1.29 is 17.9 Å². The first-order chi connectivity index (χ1) is 10.5. The summed E-state index contributed by atoms with van der Waals surface area (Å²) in [5, 5.41) is 0. The molecule has 1 atom stereocenters. The Bertz CT molecular complexity index is 599. The molecule has 3 heterocycles. The van der Waals surface area contributed by atoms with Gasteiger partial charge in [-0.2, -0.15) is 4.31 Å². The van der Waals surface area contributed by atoms with E-state index >= 15 is 0 Å². The van der Waals surface area contributed by atoms with Crippen LogP contribution in [0.15, 0.2) is 24.5 Å². The first-order valence-corrected chi connectivity index (χ1v) is 9.26. The van der Waals surface area contributed by atoms with Gasteiger partial charge in [0, 0.05) is 38.5 Å². The van der Waals surface area contributed by atoms with Gasteiger partial charge in [0.2, 0.25) is 10.0 Å². The summed E-state index contributed by atoms with van der Waals surface area (Å²) in [5.74, 6) is 0.143. The third kappa shape index (κ3) is 3.32. The maximum absolute atomic E-state index is 11.8. The molecule has 6 nitrogen and oxygen atoms in total. The van der Waals surface area contributed by atoms with Gasteiger partial charge in [0.1, 0.15) is 0 Å². The Morgan fingerprint density at radius 2 is 2.32 bits per heavy atom. The Morgan fingerprint density at radius 3 is 3.00 bits per heavy atom. The number of pyridine rings is 1. The molecule has 1 spiro atoms. The van der Waals surface area contributed by atoms with Gasteiger partial charge in [-0.3, -0.25) is 4.98 Å². The normalized spacial score (nSPS) is 25.0. The maximum atomic E-state index is 11.8. The molecule has 22 heavy (non-hydrogen) atoms. The quantitative estimate of drug-likeness (QED) is 0.813. The van der Waals surface area contributed by atoms with E-state index in [0.29, 0.717) is 26.3 Å². The van der Waals surface area contributed by atoms with E-state index in [1.807, 2.05) is 12.1 Å². The molecule has 7 heteroatoms. The lowest BCUT2D eigenvalue weighted by Crippen LogP contribution is -2.67. The molecule has 2 saturated heterocycles. The third-order valence-corrected chi connectivity index (χ3v) is 6.12. The number of ether oxygens (including phenoxy) is 2. The Balaban J connectivity index is 1.53. The second-order valence-electron chi connectivity index (χ2n) is 5.99. The maximum Gasteiger partial charge on any atom is 0.214 e. The van der Waals surface area contributed by atoms with E-state index < -0.39 is 10.0 Å². The van der Waals surface area contributed by atoms with Crippen LogP contribution in [0.5, 0.6) is 0 Å². The Morgan fingerprint density at radius 1 is 1.50 bits per heavy atom. The zero-order chi connectivity index (χ0) is 15.6. The summed E-state index contributed by atoms with van der Waals surface area (Å²) in [6.07, 6.45) is 5.25. The predicted octanol–water partition coefficient (Wildman–Crippen LogP) is 1.18. The van der Waals surface area contributed by atoms with Gasteiger partial charge in [-0.05, 0) is 25.0 Å². The van der Waals surface area contributed by atoms with Crippen molar-refractivity contribution in [3.8, 4) is 0 Å². The lowest BCUT2D eigenvalue weighted by molar-refractivity contribution is -0.180. The molecule has 2 aliphatic heterocycles. The molecule has 0 N–H and O–H groups in total. The van der Waals surface area contributed by atoms with E-state index in [1.54, 1.807) is 19.3 Å². The molecule has 0 saturated carbocycles. The van der Waals surface area contributed by atoms with Gasteiger partial charge < -0.3 is 9.47 Å². The zero-order valence-electron chi connectivity index (χ0n) is 12.8.